The van der Waals surface area contributed by atoms with E-state index in [4.69, 9.17) is 27.9 Å². The van der Waals surface area contributed by atoms with Crippen LogP contribution in [0.4, 0.5) is 5.69 Å². The molecule has 2 atom stereocenters. The van der Waals surface area contributed by atoms with E-state index in [0.717, 1.165) is 11.8 Å². The highest BCUT2D eigenvalue weighted by Gasteiger charge is 2.44. The lowest BCUT2D eigenvalue weighted by Crippen LogP contribution is -2.44. The molecule has 0 saturated heterocycles. The standard InChI is InChI=1S/C22H17Cl2N3O4S/c1-31-22(30)19-18(12-5-7-13(23)8-6-12)16(10-25)21(27-20(19)29)32-11-17(28)26-15-4-2-3-14(24)9-15/h2-9,18-19H,11H2,1H3,(H,26,28)(H,27,29)/t18-,19+/m0/s1. The Balaban J connectivity index is 1.88. The summed E-state index contributed by atoms with van der Waals surface area (Å²) in [6.45, 7) is 0. The lowest BCUT2D eigenvalue weighted by molar-refractivity contribution is -0.150. The lowest BCUT2D eigenvalue weighted by Gasteiger charge is -2.30. The smallest absolute Gasteiger partial charge is 0.319 e. The summed E-state index contributed by atoms with van der Waals surface area (Å²) >= 11 is 12.9. The second-order valence-corrected chi connectivity index (χ2v) is 8.58. The number of rotatable bonds is 6. The fourth-order valence-electron chi connectivity index (χ4n) is 3.25. The summed E-state index contributed by atoms with van der Waals surface area (Å²) < 4.78 is 4.80. The number of esters is 1. The predicted octanol–water partition coefficient (Wildman–Crippen LogP) is 4.10. The Morgan fingerprint density at radius 1 is 1.19 bits per heavy atom. The van der Waals surface area contributed by atoms with Crippen molar-refractivity contribution in [1.82, 2.24) is 5.32 Å². The summed E-state index contributed by atoms with van der Waals surface area (Å²) in [5.74, 6) is -3.94. The molecule has 2 N–H and O–H groups in total. The molecule has 0 spiro atoms. The van der Waals surface area contributed by atoms with Crippen LogP contribution in [0.1, 0.15) is 11.5 Å². The molecular formula is C22H17Cl2N3O4S. The van der Waals surface area contributed by atoms with Gasteiger partial charge in [-0.1, -0.05) is 53.2 Å². The number of carbonyl (C=O) groups excluding carboxylic acids is 3. The van der Waals surface area contributed by atoms with Crippen LogP contribution in [0, 0.1) is 17.2 Å². The Labute approximate surface area is 198 Å². The van der Waals surface area contributed by atoms with Crippen LogP contribution in [0.15, 0.2) is 59.1 Å². The summed E-state index contributed by atoms with van der Waals surface area (Å²) in [4.78, 5) is 37.5. The number of benzene rings is 2. The van der Waals surface area contributed by atoms with E-state index in [9.17, 15) is 19.6 Å². The van der Waals surface area contributed by atoms with Crippen LogP contribution in [0.5, 0.6) is 0 Å². The fraction of sp³-hybridized carbons (Fsp3) is 0.182. The Morgan fingerprint density at radius 3 is 2.53 bits per heavy atom. The van der Waals surface area contributed by atoms with Crippen molar-refractivity contribution < 1.29 is 19.1 Å². The molecule has 0 aromatic heterocycles. The molecule has 0 bridgehead atoms. The van der Waals surface area contributed by atoms with E-state index < -0.39 is 23.7 Å². The lowest BCUT2D eigenvalue weighted by atomic mass is 9.78. The zero-order valence-corrected chi connectivity index (χ0v) is 19.1. The maximum Gasteiger partial charge on any atom is 0.319 e. The summed E-state index contributed by atoms with van der Waals surface area (Å²) in [6.07, 6.45) is 0. The number of hydrogen-bond donors (Lipinski definition) is 2. The summed E-state index contributed by atoms with van der Waals surface area (Å²) in [6, 6.07) is 15.3. The number of allylic oxidation sites excluding steroid dienone is 1. The topological polar surface area (TPSA) is 108 Å². The number of halogens is 2. The molecule has 3 rings (SSSR count). The molecule has 0 saturated carbocycles. The van der Waals surface area contributed by atoms with Gasteiger partial charge in [-0.05, 0) is 35.9 Å². The number of nitrogens with zero attached hydrogens (tertiary/aromatic N) is 1. The molecular weight excluding hydrogens is 473 g/mol. The number of methoxy groups -OCH3 is 1. The third-order valence-electron chi connectivity index (χ3n) is 4.67. The van der Waals surface area contributed by atoms with Crippen LogP contribution in [0.2, 0.25) is 10.0 Å². The zero-order chi connectivity index (χ0) is 23.3. The highest BCUT2D eigenvalue weighted by molar-refractivity contribution is 8.03. The first-order chi connectivity index (χ1) is 15.3. The number of nitriles is 1. The summed E-state index contributed by atoms with van der Waals surface area (Å²) in [5, 5.41) is 16.3. The third-order valence-corrected chi connectivity index (χ3v) is 6.17. The quantitative estimate of drug-likeness (QED) is 0.466. The van der Waals surface area contributed by atoms with Gasteiger partial charge in [0.25, 0.3) is 0 Å². The van der Waals surface area contributed by atoms with Gasteiger partial charge in [0, 0.05) is 21.7 Å². The van der Waals surface area contributed by atoms with Crippen LogP contribution in [0.3, 0.4) is 0 Å². The normalized spacial score (nSPS) is 17.9. The highest BCUT2D eigenvalue weighted by Crippen LogP contribution is 2.40. The van der Waals surface area contributed by atoms with E-state index in [1.165, 1.54) is 7.11 Å². The van der Waals surface area contributed by atoms with Crippen LogP contribution < -0.4 is 10.6 Å². The van der Waals surface area contributed by atoms with Crippen LogP contribution in [0.25, 0.3) is 0 Å². The van der Waals surface area contributed by atoms with Gasteiger partial charge >= 0.3 is 5.97 Å². The molecule has 0 fully saturated rings. The van der Waals surface area contributed by atoms with Gasteiger partial charge in [0.2, 0.25) is 11.8 Å². The Bertz CT molecular complexity index is 1130. The Hall–Kier alpha value is -2.99. The van der Waals surface area contributed by atoms with Crippen molar-refractivity contribution in [2.75, 3.05) is 18.2 Å². The molecule has 0 unspecified atom stereocenters. The molecule has 2 aromatic rings. The first-order valence-corrected chi connectivity index (χ1v) is 11.0. The number of thioether (sulfide) groups is 1. The summed E-state index contributed by atoms with van der Waals surface area (Å²) in [5.41, 5.74) is 1.23. The van der Waals surface area contributed by atoms with Gasteiger partial charge in [-0.15, -0.1) is 0 Å². The SMILES string of the molecule is COC(=O)[C@H]1C(=O)NC(SCC(=O)Nc2cccc(Cl)c2)=C(C#N)[C@@H]1c1ccc(Cl)cc1. The van der Waals surface area contributed by atoms with Crippen LogP contribution >= 0.6 is 35.0 Å². The first-order valence-electron chi connectivity index (χ1n) is 9.30. The van der Waals surface area contributed by atoms with Gasteiger partial charge in [0.05, 0.1) is 29.5 Å². The highest BCUT2D eigenvalue weighted by atomic mass is 35.5. The average molecular weight is 490 g/mol. The minimum absolute atomic E-state index is 0.0798. The number of hydrogen-bond acceptors (Lipinski definition) is 6. The maximum absolute atomic E-state index is 12.8. The third kappa shape index (κ3) is 5.43. The number of ether oxygens (including phenoxy) is 1. The molecule has 2 amide bonds. The Morgan fingerprint density at radius 2 is 1.91 bits per heavy atom. The van der Waals surface area contributed by atoms with E-state index in [-0.39, 0.29) is 22.3 Å². The molecule has 0 radical (unpaired) electrons. The predicted molar refractivity (Wildman–Crippen MR) is 123 cm³/mol. The molecule has 32 heavy (non-hydrogen) atoms. The number of carbonyl (C=O) groups is 3. The van der Waals surface area contributed by atoms with E-state index >= 15 is 0 Å². The fourth-order valence-corrected chi connectivity index (χ4v) is 4.42. The monoisotopic (exact) mass is 489 g/mol. The maximum atomic E-state index is 12.8. The molecule has 164 valence electrons. The Kier molecular flexibility index (Phi) is 7.80. The van der Waals surface area contributed by atoms with Gasteiger partial charge in [-0.25, -0.2) is 0 Å². The van der Waals surface area contributed by atoms with E-state index in [0.29, 0.717) is 21.3 Å². The molecule has 10 heteroatoms. The van der Waals surface area contributed by atoms with Gasteiger partial charge in [0.15, 0.2) is 0 Å². The van der Waals surface area contributed by atoms with Crippen molar-refractivity contribution >= 4 is 58.4 Å². The zero-order valence-electron chi connectivity index (χ0n) is 16.7. The van der Waals surface area contributed by atoms with Crippen molar-refractivity contribution in [3.63, 3.8) is 0 Å². The van der Waals surface area contributed by atoms with Crippen molar-refractivity contribution in [3.05, 3.63) is 74.7 Å². The molecule has 7 nitrogen and oxygen atoms in total. The van der Waals surface area contributed by atoms with Gasteiger partial charge in [0.1, 0.15) is 5.92 Å². The van der Waals surface area contributed by atoms with Gasteiger partial charge < -0.3 is 15.4 Å². The van der Waals surface area contributed by atoms with Crippen molar-refractivity contribution in [3.8, 4) is 6.07 Å². The van der Waals surface area contributed by atoms with Crippen LogP contribution in [-0.4, -0.2) is 30.6 Å². The van der Waals surface area contributed by atoms with E-state index in [1.54, 1.807) is 48.5 Å². The van der Waals surface area contributed by atoms with Gasteiger partial charge in [-0.2, -0.15) is 5.26 Å². The van der Waals surface area contributed by atoms with Crippen molar-refractivity contribution in [2.45, 2.75) is 5.92 Å². The largest absolute Gasteiger partial charge is 0.468 e. The van der Waals surface area contributed by atoms with Crippen LogP contribution in [-0.2, 0) is 19.1 Å². The minimum Gasteiger partial charge on any atom is -0.468 e. The number of amides is 2. The molecule has 1 aliphatic rings. The minimum atomic E-state index is -1.25. The van der Waals surface area contributed by atoms with Crippen molar-refractivity contribution in [1.29, 1.82) is 5.26 Å². The second kappa shape index (κ2) is 10.6. The molecule has 1 aliphatic heterocycles. The van der Waals surface area contributed by atoms with E-state index in [2.05, 4.69) is 16.7 Å². The molecule has 0 aliphatic carbocycles. The number of anilines is 1. The molecule has 2 aromatic carbocycles. The molecule has 1 heterocycles. The second-order valence-electron chi connectivity index (χ2n) is 6.72. The van der Waals surface area contributed by atoms with Crippen molar-refractivity contribution in [2.24, 2.45) is 5.92 Å². The summed E-state index contributed by atoms with van der Waals surface area (Å²) in [7, 11) is 1.18. The average Bonchev–Trinajstić information content (AvgIpc) is 2.77. The first kappa shape index (κ1) is 23.7. The number of nitrogens with one attached hydrogen (secondary N) is 2. The van der Waals surface area contributed by atoms with E-state index in [1.807, 2.05) is 0 Å². The van der Waals surface area contributed by atoms with Gasteiger partial charge in [-0.3, -0.25) is 14.4 Å².